The Morgan fingerprint density at radius 2 is 1.88 bits per heavy atom. The zero-order chi connectivity index (χ0) is 23.4. The fourth-order valence-corrected chi connectivity index (χ4v) is 3.79. The van der Waals surface area contributed by atoms with Crippen molar-refractivity contribution in [3.63, 3.8) is 0 Å². The minimum absolute atomic E-state index is 0.179. The highest BCUT2D eigenvalue weighted by Crippen LogP contribution is 2.25. The molecule has 172 valence electrons. The van der Waals surface area contributed by atoms with E-state index in [9.17, 15) is 10.2 Å². The van der Waals surface area contributed by atoms with Gasteiger partial charge in [-0.15, -0.1) is 0 Å². The standard InChI is InChI=1S/C25H30N6O2/c1-4-20(17(3)32)28-25-29-23(26-13-19-12-16(2)10-11-21(19)33)22-24(30-25)31(15-27-22)14-18-8-6-5-7-9-18/h5-12,15,17,20,32-33H,4,13-14H2,1-3H3,(H2,26,28,29,30). The largest absolute Gasteiger partial charge is 0.508 e. The lowest BCUT2D eigenvalue weighted by atomic mass is 10.1. The molecular weight excluding hydrogens is 416 g/mol. The molecule has 0 fully saturated rings. The quantitative estimate of drug-likeness (QED) is 0.307. The molecule has 2 aromatic heterocycles. The molecule has 2 heterocycles. The minimum atomic E-state index is -0.552. The van der Waals surface area contributed by atoms with Gasteiger partial charge in [0.1, 0.15) is 5.75 Å². The van der Waals surface area contributed by atoms with Crippen molar-refractivity contribution in [3.8, 4) is 5.75 Å². The van der Waals surface area contributed by atoms with Crippen LogP contribution in [0.3, 0.4) is 0 Å². The highest BCUT2D eigenvalue weighted by Gasteiger charge is 2.18. The zero-order valence-corrected chi connectivity index (χ0v) is 19.2. The number of phenolic OH excluding ortho intramolecular Hbond substituents is 1. The van der Waals surface area contributed by atoms with E-state index in [1.807, 2.05) is 48.7 Å². The number of hydrogen-bond donors (Lipinski definition) is 4. The second-order valence-corrected chi connectivity index (χ2v) is 8.31. The lowest BCUT2D eigenvalue weighted by Gasteiger charge is -2.20. The number of imidazole rings is 1. The molecule has 33 heavy (non-hydrogen) atoms. The lowest BCUT2D eigenvalue weighted by Crippen LogP contribution is -2.31. The molecule has 2 unspecified atom stereocenters. The van der Waals surface area contributed by atoms with Crippen LogP contribution in [-0.2, 0) is 13.1 Å². The van der Waals surface area contributed by atoms with E-state index in [0.29, 0.717) is 36.0 Å². The lowest BCUT2D eigenvalue weighted by molar-refractivity contribution is 0.169. The maximum Gasteiger partial charge on any atom is 0.227 e. The zero-order valence-electron chi connectivity index (χ0n) is 19.2. The van der Waals surface area contributed by atoms with Crippen molar-refractivity contribution < 1.29 is 10.2 Å². The molecule has 0 saturated heterocycles. The summed E-state index contributed by atoms with van der Waals surface area (Å²) in [5.74, 6) is 1.21. The number of hydrogen-bond acceptors (Lipinski definition) is 7. The van der Waals surface area contributed by atoms with Crippen molar-refractivity contribution >= 4 is 22.9 Å². The summed E-state index contributed by atoms with van der Waals surface area (Å²) in [6.45, 7) is 6.75. The highest BCUT2D eigenvalue weighted by atomic mass is 16.3. The molecule has 0 aliphatic carbocycles. The summed E-state index contributed by atoms with van der Waals surface area (Å²) in [5.41, 5.74) is 4.31. The predicted octanol–water partition coefficient (Wildman–Crippen LogP) is 4.07. The van der Waals surface area contributed by atoms with Gasteiger partial charge in [0.15, 0.2) is 17.0 Å². The first kappa shape index (κ1) is 22.5. The number of rotatable bonds is 9. The van der Waals surface area contributed by atoms with Gasteiger partial charge in [-0.3, -0.25) is 0 Å². The van der Waals surface area contributed by atoms with E-state index < -0.39 is 6.10 Å². The molecule has 8 nitrogen and oxygen atoms in total. The van der Waals surface area contributed by atoms with Crippen LogP contribution in [0.5, 0.6) is 5.75 Å². The second kappa shape index (κ2) is 9.87. The molecule has 0 saturated carbocycles. The predicted molar refractivity (Wildman–Crippen MR) is 130 cm³/mol. The Morgan fingerprint density at radius 3 is 2.61 bits per heavy atom. The molecule has 2 atom stereocenters. The smallest absolute Gasteiger partial charge is 0.227 e. The van der Waals surface area contributed by atoms with Gasteiger partial charge in [0.2, 0.25) is 5.95 Å². The van der Waals surface area contributed by atoms with Crippen molar-refractivity contribution in [2.45, 2.75) is 52.4 Å². The molecule has 0 aliphatic heterocycles. The first-order chi connectivity index (χ1) is 15.9. The first-order valence-electron chi connectivity index (χ1n) is 11.2. The summed E-state index contributed by atoms with van der Waals surface area (Å²) < 4.78 is 1.98. The van der Waals surface area contributed by atoms with Gasteiger partial charge < -0.3 is 25.4 Å². The molecular formula is C25H30N6O2. The van der Waals surface area contributed by atoms with Gasteiger partial charge in [0.05, 0.1) is 25.0 Å². The Morgan fingerprint density at radius 1 is 1.09 bits per heavy atom. The van der Waals surface area contributed by atoms with Crippen LogP contribution in [0.2, 0.25) is 0 Å². The van der Waals surface area contributed by atoms with Gasteiger partial charge in [-0.25, -0.2) is 4.98 Å². The van der Waals surface area contributed by atoms with Crippen molar-refractivity contribution in [1.82, 2.24) is 19.5 Å². The SMILES string of the molecule is CCC(Nc1nc(NCc2cc(C)ccc2O)c2ncn(Cc3ccccc3)c2n1)C(C)O. The van der Waals surface area contributed by atoms with E-state index in [2.05, 4.69) is 32.7 Å². The van der Waals surface area contributed by atoms with Crippen LogP contribution in [0.25, 0.3) is 11.2 Å². The Balaban J connectivity index is 1.71. The maximum atomic E-state index is 10.2. The van der Waals surface area contributed by atoms with Crippen molar-refractivity contribution in [1.29, 1.82) is 0 Å². The Bertz CT molecular complexity index is 1220. The number of aryl methyl sites for hydroxylation is 1. The van der Waals surface area contributed by atoms with Crippen LogP contribution >= 0.6 is 0 Å². The highest BCUT2D eigenvalue weighted by molar-refractivity contribution is 5.84. The van der Waals surface area contributed by atoms with E-state index in [1.165, 1.54) is 0 Å². The van der Waals surface area contributed by atoms with Gasteiger partial charge in [0, 0.05) is 12.1 Å². The summed E-state index contributed by atoms with van der Waals surface area (Å²) in [4.78, 5) is 14.0. The van der Waals surface area contributed by atoms with Crippen LogP contribution in [0.4, 0.5) is 11.8 Å². The molecule has 0 radical (unpaired) electrons. The second-order valence-electron chi connectivity index (χ2n) is 8.31. The van der Waals surface area contributed by atoms with Crippen LogP contribution in [0.15, 0.2) is 54.9 Å². The number of nitrogens with zero attached hydrogens (tertiary/aromatic N) is 4. The minimum Gasteiger partial charge on any atom is -0.508 e. The molecule has 4 aromatic rings. The van der Waals surface area contributed by atoms with Gasteiger partial charge in [-0.1, -0.05) is 55.0 Å². The number of aromatic nitrogens is 4. The topological polar surface area (TPSA) is 108 Å². The third-order valence-electron chi connectivity index (χ3n) is 5.68. The molecule has 4 N–H and O–H groups in total. The Labute approximate surface area is 193 Å². The first-order valence-corrected chi connectivity index (χ1v) is 11.2. The van der Waals surface area contributed by atoms with E-state index in [1.54, 1.807) is 19.3 Å². The molecule has 4 rings (SSSR count). The van der Waals surface area contributed by atoms with Crippen molar-refractivity contribution in [2.75, 3.05) is 10.6 Å². The molecule has 8 heteroatoms. The number of phenols is 1. The summed E-state index contributed by atoms with van der Waals surface area (Å²) >= 11 is 0. The fraction of sp³-hybridized carbons (Fsp3) is 0.320. The van der Waals surface area contributed by atoms with Crippen LogP contribution in [-0.4, -0.2) is 41.9 Å². The molecule has 0 aliphatic rings. The Kier molecular flexibility index (Phi) is 6.74. The van der Waals surface area contributed by atoms with Gasteiger partial charge in [0.25, 0.3) is 0 Å². The normalized spacial score (nSPS) is 13.1. The van der Waals surface area contributed by atoms with Gasteiger partial charge in [-0.2, -0.15) is 9.97 Å². The summed E-state index contributed by atoms with van der Waals surface area (Å²) in [5, 5.41) is 26.9. The number of aliphatic hydroxyl groups excluding tert-OH is 1. The Hall–Kier alpha value is -3.65. The van der Waals surface area contributed by atoms with E-state index >= 15 is 0 Å². The van der Waals surface area contributed by atoms with Crippen molar-refractivity contribution in [3.05, 3.63) is 71.5 Å². The summed E-state index contributed by atoms with van der Waals surface area (Å²) in [7, 11) is 0. The number of benzene rings is 2. The van der Waals surface area contributed by atoms with Gasteiger partial charge in [-0.05, 0) is 31.9 Å². The third kappa shape index (κ3) is 5.23. The number of aromatic hydroxyl groups is 1. The fourth-order valence-electron chi connectivity index (χ4n) is 3.79. The number of fused-ring (bicyclic) bond motifs is 1. The summed E-state index contributed by atoms with van der Waals surface area (Å²) in [6, 6.07) is 15.4. The molecule has 0 amide bonds. The van der Waals surface area contributed by atoms with E-state index in [4.69, 9.17) is 4.98 Å². The third-order valence-corrected chi connectivity index (χ3v) is 5.68. The molecule has 0 spiro atoms. The van der Waals surface area contributed by atoms with Crippen LogP contribution < -0.4 is 10.6 Å². The monoisotopic (exact) mass is 446 g/mol. The summed E-state index contributed by atoms with van der Waals surface area (Å²) in [6.07, 6.45) is 1.93. The van der Waals surface area contributed by atoms with E-state index in [0.717, 1.165) is 23.1 Å². The van der Waals surface area contributed by atoms with Crippen molar-refractivity contribution in [2.24, 2.45) is 0 Å². The molecule has 2 aromatic carbocycles. The number of anilines is 2. The van der Waals surface area contributed by atoms with Crippen LogP contribution in [0.1, 0.15) is 37.0 Å². The number of aliphatic hydroxyl groups is 1. The maximum absolute atomic E-state index is 10.2. The van der Waals surface area contributed by atoms with E-state index in [-0.39, 0.29) is 11.8 Å². The average molecular weight is 447 g/mol. The average Bonchev–Trinajstić information content (AvgIpc) is 3.21. The number of nitrogens with one attached hydrogen (secondary N) is 2. The van der Waals surface area contributed by atoms with Crippen LogP contribution in [0, 0.1) is 6.92 Å². The molecule has 0 bridgehead atoms. The van der Waals surface area contributed by atoms with Gasteiger partial charge >= 0.3 is 0 Å².